The smallest absolute Gasteiger partial charge is 0.336 e. The van der Waals surface area contributed by atoms with E-state index in [2.05, 4.69) is 4.98 Å². The van der Waals surface area contributed by atoms with Gasteiger partial charge in [-0.2, -0.15) is 0 Å². The lowest BCUT2D eigenvalue weighted by Crippen LogP contribution is -2.16. The van der Waals surface area contributed by atoms with Crippen molar-refractivity contribution in [3.05, 3.63) is 29.6 Å². The summed E-state index contributed by atoms with van der Waals surface area (Å²) in [5.74, 6) is -1.98. The molecule has 0 aliphatic carbocycles. The molecule has 5 nitrogen and oxygen atoms in total. The zero-order valence-corrected chi connectivity index (χ0v) is 6.02. The van der Waals surface area contributed by atoms with Gasteiger partial charge in [0.15, 0.2) is 0 Å². The Morgan fingerprint density at radius 3 is 2.50 bits per heavy atom. The van der Waals surface area contributed by atoms with Gasteiger partial charge in [-0.15, -0.1) is 0 Å². The van der Waals surface area contributed by atoms with Crippen molar-refractivity contribution < 1.29 is 14.7 Å². The molecule has 0 saturated carbocycles. The van der Waals surface area contributed by atoms with Gasteiger partial charge in [0, 0.05) is 12.4 Å². The Bertz CT molecular complexity index is 302. The van der Waals surface area contributed by atoms with Crippen LogP contribution < -0.4 is 5.73 Å². The van der Waals surface area contributed by atoms with Crippen molar-refractivity contribution in [1.29, 1.82) is 0 Å². The molecule has 1 aromatic heterocycles. The zero-order valence-electron chi connectivity index (χ0n) is 6.02. The fraction of sp³-hybridized carbons (Fsp3) is 0. The first kappa shape index (κ1) is 8.19. The Morgan fingerprint density at radius 1 is 1.42 bits per heavy atom. The van der Waals surface area contributed by atoms with Crippen LogP contribution in [0.15, 0.2) is 18.5 Å². The molecular weight excluding hydrogens is 160 g/mol. The molecule has 12 heavy (non-hydrogen) atoms. The Hall–Kier alpha value is -1.91. The van der Waals surface area contributed by atoms with Crippen LogP contribution in [0.4, 0.5) is 0 Å². The summed E-state index contributed by atoms with van der Waals surface area (Å²) in [6.45, 7) is 0. The number of rotatable bonds is 2. The normalized spacial score (nSPS) is 9.33. The summed E-state index contributed by atoms with van der Waals surface area (Å²) in [6.07, 6.45) is 2.42. The number of aromatic carboxylic acids is 1. The zero-order chi connectivity index (χ0) is 9.14. The topological polar surface area (TPSA) is 93.3 Å². The highest BCUT2D eigenvalue weighted by Gasteiger charge is 2.12. The van der Waals surface area contributed by atoms with E-state index in [-0.39, 0.29) is 11.1 Å². The van der Waals surface area contributed by atoms with Crippen LogP contribution >= 0.6 is 0 Å². The molecule has 0 aromatic carbocycles. The number of nitrogens with two attached hydrogens (primary N) is 1. The molecule has 0 radical (unpaired) electrons. The highest BCUT2D eigenvalue weighted by atomic mass is 16.4. The molecule has 0 unspecified atom stereocenters. The molecule has 0 aliphatic rings. The molecule has 5 heteroatoms. The fourth-order valence-corrected chi connectivity index (χ4v) is 0.777. The van der Waals surface area contributed by atoms with Gasteiger partial charge in [-0.25, -0.2) is 4.79 Å². The first-order valence-electron chi connectivity index (χ1n) is 3.10. The standard InChI is InChI=1S/C7H6N2O3/c8-6(10)5-3-9-2-1-4(5)7(11)12/h1-3H,(H2,8,10)(H,11,12). The second kappa shape index (κ2) is 3.00. The third kappa shape index (κ3) is 1.39. The van der Waals surface area contributed by atoms with Gasteiger partial charge < -0.3 is 10.8 Å². The van der Waals surface area contributed by atoms with Crippen molar-refractivity contribution in [2.45, 2.75) is 0 Å². The second-order valence-electron chi connectivity index (χ2n) is 2.09. The number of hydrogen-bond donors (Lipinski definition) is 2. The van der Waals surface area contributed by atoms with Crippen LogP contribution in [0.1, 0.15) is 20.7 Å². The number of pyridine rings is 1. The van der Waals surface area contributed by atoms with Gasteiger partial charge >= 0.3 is 5.97 Å². The lowest BCUT2D eigenvalue weighted by Gasteiger charge is -1.98. The molecule has 0 aliphatic heterocycles. The summed E-state index contributed by atoms with van der Waals surface area (Å²) < 4.78 is 0. The van der Waals surface area contributed by atoms with Crippen molar-refractivity contribution in [3.8, 4) is 0 Å². The predicted molar refractivity (Wildman–Crippen MR) is 39.7 cm³/mol. The number of nitrogens with zero attached hydrogens (tertiary/aromatic N) is 1. The van der Waals surface area contributed by atoms with Crippen LogP contribution in [0.3, 0.4) is 0 Å². The number of carboxylic acids is 1. The Balaban J connectivity index is 3.27. The minimum atomic E-state index is -1.19. The maximum Gasteiger partial charge on any atom is 0.336 e. The minimum Gasteiger partial charge on any atom is -0.478 e. The number of carboxylic acid groups (broad SMARTS) is 1. The molecule has 0 atom stereocenters. The van der Waals surface area contributed by atoms with E-state index >= 15 is 0 Å². The Labute approximate surface area is 67.8 Å². The molecule has 1 amide bonds. The second-order valence-corrected chi connectivity index (χ2v) is 2.09. The number of amides is 1. The fourth-order valence-electron chi connectivity index (χ4n) is 0.777. The first-order chi connectivity index (χ1) is 5.63. The highest BCUT2D eigenvalue weighted by Crippen LogP contribution is 2.04. The molecule has 1 heterocycles. The molecule has 0 spiro atoms. The summed E-state index contributed by atoms with van der Waals surface area (Å²) >= 11 is 0. The number of primary amides is 1. The van der Waals surface area contributed by atoms with Crippen LogP contribution in [0.25, 0.3) is 0 Å². The van der Waals surface area contributed by atoms with E-state index in [1.807, 2.05) is 0 Å². The van der Waals surface area contributed by atoms with Gasteiger partial charge in [0.2, 0.25) is 0 Å². The van der Waals surface area contributed by atoms with E-state index in [0.717, 1.165) is 6.20 Å². The lowest BCUT2D eigenvalue weighted by atomic mass is 10.1. The van der Waals surface area contributed by atoms with Crippen molar-refractivity contribution in [2.75, 3.05) is 0 Å². The molecule has 0 bridgehead atoms. The van der Waals surface area contributed by atoms with Gasteiger partial charge in [-0.3, -0.25) is 9.78 Å². The summed E-state index contributed by atoms with van der Waals surface area (Å²) in [6, 6.07) is 1.22. The lowest BCUT2D eigenvalue weighted by molar-refractivity contribution is 0.0692. The molecule has 1 rings (SSSR count). The van der Waals surface area contributed by atoms with Gasteiger partial charge in [0.1, 0.15) is 0 Å². The molecule has 0 saturated heterocycles. The van der Waals surface area contributed by atoms with Gasteiger partial charge in [-0.1, -0.05) is 0 Å². The molecule has 3 N–H and O–H groups in total. The molecule has 1 aromatic rings. The van der Waals surface area contributed by atoms with Crippen molar-refractivity contribution in [3.63, 3.8) is 0 Å². The SMILES string of the molecule is NC(=O)c1cnccc1C(=O)O. The highest BCUT2D eigenvalue weighted by molar-refractivity contribution is 6.03. The number of carbonyl (C=O) groups is 2. The summed E-state index contributed by atoms with van der Waals surface area (Å²) in [5.41, 5.74) is 4.70. The van der Waals surface area contributed by atoms with E-state index in [1.54, 1.807) is 0 Å². The summed E-state index contributed by atoms with van der Waals surface area (Å²) in [4.78, 5) is 24.7. The van der Waals surface area contributed by atoms with E-state index in [1.165, 1.54) is 12.3 Å². The largest absolute Gasteiger partial charge is 0.478 e. The molecule has 0 fully saturated rings. The average molecular weight is 166 g/mol. The van der Waals surface area contributed by atoms with Crippen molar-refractivity contribution in [2.24, 2.45) is 5.73 Å². The number of carbonyl (C=O) groups excluding carboxylic acids is 1. The summed E-state index contributed by atoms with van der Waals surface area (Å²) in [5, 5.41) is 8.58. The van der Waals surface area contributed by atoms with Crippen molar-refractivity contribution >= 4 is 11.9 Å². The van der Waals surface area contributed by atoms with Gasteiger partial charge in [0.05, 0.1) is 11.1 Å². The number of aromatic nitrogens is 1. The van der Waals surface area contributed by atoms with Gasteiger partial charge in [0.25, 0.3) is 5.91 Å². The maximum atomic E-state index is 10.6. The Morgan fingerprint density at radius 2 is 2.08 bits per heavy atom. The quantitative estimate of drug-likeness (QED) is 0.640. The van der Waals surface area contributed by atoms with Crippen LogP contribution in [0.2, 0.25) is 0 Å². The van der Waals surface area contributed by atoms with Crippen LogP contribution in [-0.2, 0) is 0 Å². The minimum absolute atomic E-state index is 0.0787. The van der Waals surface area contributed by atoms with E-state index in [4.69, 9.17) is 10.8 Å². The average Bonchev–Trinajstić information content (AvgIpc) is 2.04. The molecular formula is C7H6N2O3. The third-order valence-corrected chi connectivity index (χ3v) is 1.32. The maximum absolute atomic E-state index is 10.6. The third-order valence-electron chi connectivity index (χ3n) is 1.32. The van der Waals surface area contributed by atoms with Crippen LogP contribution in [0.5, 0.6) is 0 Å². The summed E-state index contributed by atoms with van der Waals surface area (Å²) in [7, 11) is 0. The van der Waals surface area contributed by atoms with Gasteiger partial charge in [-0.05, 0) is 6.07 Å². The molecule has 62 valence electrons. The monoisotopic (exact) mass is 166 g/mol. The van der Waals surface area contributed by atoms with E-state index in [0.29, 0.717) is 0 Å². The number of hydrogen-bond acceptors (Lipinski definition) is 3. The van der Waals surface area contributed by atoms with E-state index < -0.39 is 11.9 Å². The Kier molecular flexibility index (Phi) is 2.05. The van der Waals surface area contributed by atoms with Crippen molar-refractivity contribution in [1.82, 2.24) is 4.98 Å². The van der Waals surface area contributed by atoms with E-state index in [9.17, 15) is 9.59 Å². The van der Waals surface area contributed by atoms with Crippen LogP contribution in [-0.4, -0.2) is 22.0 Å². The van der Waals surface area contributed by atoms with Crippen LogP contribution in [0, 0.1) is 0 Å². The first-order valence-corrected chi connectivity index (χ1v) is 3.10. The predicted octanol–water partition coefficient (Wildman–Crippen LogP) is -0.121.